The van der Waals surface area contributed by atoms with E-state index in [0.29, 0.717) is 6.54 Å². The highest BCUT2D eigenvalue weighted by atomic mass is 16.6. The Labute approximate surface area is 93.0 Å². The van der Waals surface area contributed by atoms with E-state index in [9.17, 15) is 9.59 Å². The van der Waals surface area contributed by atoms with Gasteiger partial charge in [-0.1, -0.05) is 0 Å². The summed E-state index contributed by atoms with van der Waals surface area (Å²) < 4.78 is 4.44. The number of ether oxygens (including phenoxy) is 1. The highest BCUT2D eigenvalue weighted by molar-refractivity contribution is 5.90. The van der Waals surface area contributed by atoms with Gasteiger partial charge >= 0.3 is 11.9 Å². The molecule has 1 aromatic heterocycles. The minimum absolute atomic E-state index is 0.191. The van der Waals surface area contributed by atoms with E-state index in [0.717, 1.165) is 12.0 Å². The van der Waals surface area contributed by atoms with Crippen LogP contribution in [0, 0.1) is 0 Å². The molecular weight excluding hydrogens is 208 g/mol. The Balaban J connectivity index is 1.86. The van der Waals surface area contributed by atoms with E-state index < -0.39 is 11.9 Å². The van der Waals surface area contributed by atoms with Crippen LogP contribution in [0.5, 0.6) is 0 Å². The Hall–Kier alpha value is -1.75. The quantitative estimate of drug-likeness (QED) is 0.530. The first-order valence-corrected chi connectivity index (χ1v) is 5.09. The van der Waals surface area contributed by atoms with Crippen molar-refractivity contribution < 1.29 is 14.3 Å². The summed E-state index contributed by atoms with van der Waals surface area (Å²) in [4.78, 5) is 27.7. The SMILES string of the molecule is O=C1CN(CCc2ccncc2)CC(=O)O1. The Morgan fingerprint density at radius 1 is 1.19 bits per heavy atom. The second-order valence-corrected chi connectivity index (χ2v) is 3.66. The van der Waals surface area contributed by atoms with Crippen molar-refractivity contribution in [2.45, 2.75) is 6.42 Å². The molecule has 0 spiro atoms. The van der Waals surface area contributed by atoms with E-state index in [4.69, 9.17) is 0 Å². The number of nitrogens with zero attached hydrogens (tertiary/aromatic N) is 2. The van der Waals surface area contributed by atoms with Crippen molar-refractivity contribution in [1.29, 1.82) is 0 Å². The van der Waals surface area contributed by atoms with Gasteiger partial charge in [-0.05, 0) is 24.1 Å². The summed E-state index contributed by atoms with van der Waals surface area (Å²) in [6.07, 6.45) is 4.25. The zero-order valence-electron chi connectivity index (χ0n) is 8.76. The minimum Gasteiger partial charge on any atom is -0.391 e. The predicted molar refractivity (Wildman–Crippen MR) is 55.5 cm³/mol. The number of carbonyl (C=O) groups is 2. The second-order valence-electron chi connectivity index (χ2n) is 3.66. The summed E-state index contributed by atoms with van der Waals surface area (Å²) in [6, 6.07) is 3.84. The molecule has 0 N–H and O–H groups in total. The molecule has 5 heteroatoms. The fourth-order valence-electron chi connectivity index (χ4n) is 1.61. The maximum Gasteiger partial charge on any atom is 0.327 e. The van der Waals surface area contributed by atoms with Gasteiger partial charge in [0, 0.05) is 18.9 Å². The topological polar surface area (TPSA) is 59.5 Å². The smallest absolute Gasteiger partial charge is 0.327 e. The maximum atomic E-state index is 11.0. The van der Waals surface area contributed by atoms with Crippen molar-refractivity contribution in [3.63, 3.8) is 0 Å². The number of aromatic nitrogens is 1. The summed E-state index contributed by atoms with van der Waals surface area (Å²) in [5.41, 5.74) is 1.14. The second kappa shape index (κ2) is 4.85. The van der Waals surface area contributed by atoms with Crippen LogP contribution in [-0.2, 0) is 20.7 Å². The van der Waals surface area contributed by atoms with Crippen LogP contribution in [0.25, 0.3) is 0 Å². The van der Waals surface area contributed by atoms with Gasteiger partial charge in [-0.25, -0.2) is 0 Å². The van der Waals surface area contributed by atoms with Crippen molar-refractivity contribution in [2.75, 3.05) is 19.6 Å². The van der Waals surface area contributed by atoms with Gasteiger partial charge in [0.1, 0.15) is 0 Å². The Kier molecular flexibility index (Phi) is 3.26. The number of morpholine rings is 1. The molecule has 0 atom stereocenters. The Bertz CT molecular complexity index is 375. The molecule has 1 aliphatic heterocycles. The Morgan fingerprint density at radius 3 is 2.44 bits per heavy atom. The van der Waals surface area contributed by atoms with Crippen molar-refractivity contribution in [1.82, 2.24) is 9.88 Å². The molecule has 84 valence electrons. The highest BCUT2D eigenvalue weighted by Gasteiger charge is 2.23. The lowest BCUT2D eigenvalue weighted by molar-refractivity contribution is -0.166. The van der Waals surface area contributed by atoms with Crippen LogP contribution >= 0.6 is 0 Å². The van der Waals surface area contributed by atoms with Crippen LogP contribution in [0.4, 0.5) is 0 Å². The summed E-state index contributed by atoms with van der Waals surface area (Å²) in [5.74, 6) is -0.933. The Morgan fingerprint density at radius 2 is 1.81 bits per heavy atom. The molecule has 0 radical (unpaired) electrons. The average molecular weight is 220 g/mol. The summed E-state index contributed by atoms with van der Waals surface area (Å²) in [6.45, 7) is 1.05. The molecular formula is C11H12N2O3. The zero-order chi connectivity index (χ0) is 11.4. The van der Waals surface area contributed by atoms with Crippen molar-refractivity contribution in [3.8, 4) is 0 Å². The molecule has 0 aromatic carbocycles. The lowest BCUT2D eigenvalue weighted by atomic mass is 10.2. The largest absolute Gasteiger partial charge is 0.391 e. The van der Waals surface area contributed by atoms with E-state index in [1.54, 1.807) is 17.3 Å². The molecule has 16 heavy (non-hydrogen) atoms. The van der Waals surface area contributed by atoms with Crippen LogP contribution in [0.2, 0.25) is 0 Å². The van der Waals surface area contributed by atoms with E-state index in [2.05, 4.69) is 9.72 Å². The first kappa shape index (κ1) is 10.8. The van der Waals surface area contributed by atoms with Gasteiger partial charge in [0.25, 0.3) is 0 Å². The maximum absolute atomic E-state index is 11.0. The molecule has 1 aromatic rings. The van der Waals surface area contributed by atoms with E-state index in [1.807, 2.05) is 12.1 Å². The first-order chi connectivity index (χ1) is 7.74. The molecule has 0 saturated carbocycles. The highest BCUT2D eigenvalue weighted by Crippen LogP contribution is 2.03. The van der Waals surface area contributed by atoms with Gasteiger partial charge in [0.05, 0.1) is 13.1 Å². The summed E-state index contributed by atoms with van der Waals surface area (Å²) in [7, 11) is 0. The molecule has 0 unspecified atom stereocenters. The van der Waals surface area contributed by atoms with Crippen molar-refractivity contribution in [2.24, 2.45) is 0 Å². The molecule has 0 bridgehead atoms. The minimum atomic E-state index is -0.467. The molecule has 1 fully saturated rings. The number of hydrogen-bond acceptors (Lipinski definition) is 5. The molecule has 1 aliphatic rings. The van der Waals surface area contributed by atoms with Crippen LogP contribution in [0.1, 0.15) is 5.56 Å². The van der Waals surface area contributed by atoms with Crippen LogP contribution in [0.3, 0.4) is 0 Å². The standard InChI is InChI=1S/C11H12N2O3/c14-10-7-13(8-11(15)16-10)6-3-9-1-4-12-5-2-9/h1-2,4-5H,3,6-8H2. The fraction of sp³-hybridized carbons (Fsp3) is 0.364. The normalized spacial score (nSPS) is 17.2. The fourth-order valence-corrected chi connectivity index (χ4v) is 1.61. The van der Waals surface area contributed by atoms with Crippen LogP contribution in [0.15, 0.2) is 24.5 Å². The van der Waals surface area contributed by atoms with Gasteiger partial charge in [-0.2, -0.15) is 0 Å². The number of rotatable bonds is 3. The van der Waals surface area contributed by atoms with E-state index >= 15 is 0 Å². The third-order valence-corrected chi connectivity index (χ3v) is 2.40. The summed E-state index contributed by atoms with van der Waals surface area (Å²) >= 11 is 0. The van der Waals surface area contributed by atoms with E-state index in [1.165, 1.54) is 0 Å². The summed E-state index contributed by atoms with van der Waals surface area (Å²) in [5, 5.41) is 0. The van der Waals surface area contributed by atoms with Crippen LogP contribution in [-0.4, -0.2) is 41.5 Å². The van der Waals surface area contributed by atoms with Gasteiger partial charge in [0.2, 0.25) is 0 Å². The monoisotopic (exact) mass is 220 g/mol. The third kappa shape index (κ3) is 2.87. The van der Waals surface area contributed by atoms with Crippen molar-refractivity contribution in [3.05, 3.63) is 30.1 Å². The number of carbonyl (C=O) groups excluding carboxylic acids is 2. The molecule has 0 aliphatic carbocycles. The predicted octanol–water partition coefficient (Wildman–Crippen LogP) is 0.00950. The number of hydrogen-bond donors (Lipinski definition) is 0. The molecule has 1 saturated heterocycles. The number of pyridine rings is 1. The lowest BCUT2D eigenvalue weighted by Gasteiger charge is -2.23. The van der Waals surface area contributed by atoms with Gasteiger partial charge in [-0.15, -0.1) is 0 Å². The molecule has 2 rings (SSSR count). The van der Waals surface area contributed by atoms with Crippen molar-refractivity contribution >= 4 is 11.9 Å². The third-order valence-electron chi connectivity index (χ3n) is 2.40. The van der Waals surface area contributed by atoms with Gasteiger partial charge in [-0.3, -0.25) is 19.5 Å². The number of cyclic esters (lactones) is 2. The zero-order valence-corrected chi connectivity index (χ0v) is 8.76. The number of esters is 2. The molecule has 2 heterocycles. The lowest BCUT2D eigenvalue weighted by Crippen LogP contribution is -2.43. The van der Waals surface area contributed by atoms with E-state index in [-0.39, 0.29) is 13.1 Å². The molecule has 0 amide bonds. The van der Waals surface area contributed by atoms with Crippen LogP contribution < -0.4 is 0 Å². The first-order valence-electron chi connectivity index (χ1n) is 5.09. The van der Waals surface area contributed by atoms with Gasteiger partial charge < -0.3 is 4.74 Å². The average Bonchev–Trinajstić information content (AvgIpc) is 2.27. The molecule has 5 nitrogen and oxygen atoms in total. The van der Waals surface area contributed by atoms with Gasteiger partial charge in [0.15, 0.2) is 0 Å².